The minimum Gasteiger partial charge on any atom is -0.375 e. The van der Waals surface area contributed by atoms with Gasteiger partial charge < -0.3 is 10.3 Å². The first-order valence-corrected chi connectivity index (χ1v) is 9.39. The third-order valence-corrected chi connectivity index (χ3v) is 5.59. The summed E-state index contributed by atoms with van der Waals surface area (Å²) in [6, 6.07) is 4.11. The molecule has 8 bridgehead atoms. The molecule has 5 heterocycles. The van der Waals surface area contributed by atoms with Gasteiger partial charge in [-0.25, -0.2) is 9.98 Å². The van der Waals surface area contributed by atoms with Crippen LogP contribution >= 0.6 is 15.9 Å². The topological polar surface area (TPSA) is 52.5 Å². The maximum Gasteiger partial charge on any atom is 0.0800 e. The molecule has 0 radical (unpaired) electrons. The molecule has 1 atom stereocenters. The average Bonchev–Trinajstić information content (AvgIpc) is 3.37. The van der Waals surface area contributed by atoms with Crippen molar-refractivity contribution in [1.82, 2.24) is 10.3 Å². The first-order valence-electron chi connectivity index (χ1n) is 8.60. The predicted molar refractivity (Wildman–Crippen MR) is 110 cm³/mol. The molecule has 0 aromatic carbocycles. The van der Waals surface area contributed by atoms with Crippen LogP contribution in [0.3, 0.4) is 0 Å². The van der Waals surface area contributed by atoms with Crippen LogP contribution in [-0.4, -0.2) is 21.9 Å². The summed E-state index contributed by atoms with van der Waals surface area (Å²) in [6.07, 6.45) is 17.6. The highest BCUT2D eigenvalue weighted by atomic mass is 79.9. The SMILES string of the molecule is CC12C=C3C=CC(=N3)C=c3ccc([nH]3)=CC3=NC(=C(Br)C(=CC1)N2)C=C3. The molecule has 2 N–H and O–H groups in total. The predicted octanol–water partition coefficient (Wildman–Crippen LogP) is 2.74. The van der Waals surface area contributed by atoms with Gasteiger partial charge in [0.2, 0.25) is 0 Å². The number of aromatic nitrogens is 1. The van der Waals surface area contributed by atoms with Crippen molar-refractivity contribution in [2.24, 2.45) is 9.98 Å². The first kappa shape index (κ1) is 15.6. The Labute approximate surface area is 159 Å². The zero-order valence-corrected chi connectivity index (χ0v) is 15.8. The fraction of sp³-hybridized carbons (Fsp3) is 0.143. The number of aliphatic imine (C=N–C) groups is 2. The van der Waals surface area contributed by atoms with E-state index in [4.69, 9.17) is 9.98 Å². The molecule has 5 rings (SSSR count). The fourth-order valence-corrected chi connectivity index (χ4v) is 3.96. The Morgan fingerprint density at radius 2 is 1.73 bits per heavy atom. The van der Waals surface area contributed by atoms with Crippen molar-refractivity contribution >= 4 is 39.5 Å². The van der Waals surface area contributed by atoms with Crippen LogP contribution in [0.25, 0.3) is 12.2 Å². The van der Waals surface area contributed by atoms with Crippen molar-refractivity contribution in [3.05, 3.63) is 80.9 Å². The fourth-order valence-electron chi connectivity index (χ4n) is 3.48. The van der Waals surface area contributed by atoms with Gasteiger partial charge in [-0.3, -0.25) is 0 Å². The summed E-state index contributed by atoms with van der Waals surface area (Å²) in [6.45, 7) is 2.19. The van der Waals surface area contributed by atoms with E-state index in [0.717, 1.165) is 50.1 Å². The standard InChI is InChI=1S/C21H17BrN4/c1-21-9-8-19(26-21)20(22)18-7-6-16(25-18)11-14-3-2-13(23-14)10-15-4-5-17(12-21)24-15/h2-8,10-12,23,26H,9H2,1H3. The van der Waals surface area contributed by atoms with Gasteiger partial charge in [-0.1, -0.05) is 6.08 Å². The molecule has 5 heteroatoms. The van der Waals surface area contributed by atoms with E-state index < -0.39 is 0 Å². The average molecular weight is 405 g/mol. The maximum atomic E-state index is 4.73. The number of hydrogen-bond acceptors (Lipinski definition) is 3. The van der Waals surface area contributed by atoms with E-state index in [9.17, 15) is 0 Å². The van der Waals surface area contributed by atoms with E-state index in [2.05, 4.69) is 69.6 Å². The molecule has 0 fully saturated rings. The van der Waals surface area contributed by atoms with Gasteiger partial charge in [0.25, 0.3) is 0 Å². The Bertz CT molecular complexity index is 1150. The highest BCUT2D eigenvalue weighted by molar-refractivity contribution is 9.12. The van der Waals surface area contributed by atoms with E-state index in [1.807, 2.05) is 24.3 Å². The summed E-state index contributed by atoms with van der Waals surface area (Å²) in [4.78, 5) is 12.9. The lowest BCUT2D eigenvalue weighted by atomic mass is 9.99. The Hall–Kier alpha value is -2.66. The number of nitrogens with one attached hydrogen (secondary N) is 2. The molecule has 0 saturated carbocycles. The maximum absolute atomic E-state index is 4.73. The summed E-state index contributed by atoms with van der Waals surface area (Å²) < 4.78 is 0.984. The molecule has 0 saturated heterocycles. The summed E-state index contributed by atoms with van der Waals surface area (Å²) in [5, 5.41) is 5.66. The smallest absolute Gasteiger partial charge is 0.0800 e. The van der Waals surface area contributed by atoms with E-state index in [1.165, 1.54) is 0 Å². The molecular formula is C21H17BrN4. The van der Waals surface area contributed by atoms with Gasteiger partial charge in [-0.2, -0.15) is 0 Å². The molecule has 0 spiro atoms. The van der Waals surface area contributed by atoms with Gasteiger partial charge in [-0.05, 0) is 83.9 Å². The molecule has 4 aliphatic heterocycles. The normalized spacial score (nSPS) is 25.9. The lowest BCUT2D eigenvalue weighted by Crippen LogP contribution is -2.35. The van der Waals surface area contributed by atoms with Crippen molar-refractivity contribution in [3.8, 4) is 0 Å². The minimum atomic E-state index is -0.162. The molecule has 26 heavy (non-hydrogen) atoms. The van der Waals surface area contributed by atoms with Crippen LogP contribution < -0.4 is 16.0 Å². The number of allylic oxidation sites excluding steroid dienone is 5. The van der Waals surface area contributed by atoms with Gasteiger partial charge in [0.1, 0.15) is 0 Å². The number of fused-ring (bicyclic) bond motifs is 6. The lowest BCUT2D eigenvalue weighted by molar-refractivity contribution is 0.527. The van der Waals surface area contributed by atoms with Gasteiger partial charge in [0.05, 0.1) is 32.8 Å². The van der Waals surface area contributed by atoms with Crippen LogP contribution in [0.1, 0.15) is 13.3 Å². The molecule has 4 aliphatic rings. The Balaban J connectivity index is 1.70. The molecular weight excluding hydrogens is 388 g/mol. The number of hydrogen-bond donors (Lipinski definition) is 2. The molecule has 4 nitrogen and oxygen atoms in total. The Kier molecular flexibility index (Phi) is 3.40. The van der Waals surface area contributed by atoms with Gasteiger partial charge in [-0.15, -0.1) is 0 Å². The van der Waals surface area contributed by atoms with Crippen molar-refractivity contribution < 1.29 is 0 Å². The number of nitrogens with zero attached hydrogens (tertiary/aromatic N) is 2. The van der Waals surface area contributed by atoms with Gasteiger partial charge in [0.15, 0.2) is 0 Å². The number of aromatic amines is 1. The van der Waals surface area contributed by atoms with E-state index >= 15 is 0 Å². The van der Waals surface area contributed by atoms with Crippen LogP contribution in [0.2, 0.25) is 0 Å². The van der Waals surface area contributed by atoms with Crippen LogP contribution in [0.15, 0.2) is 80.1 Å². The molecule has 1 unspecified atom stereocenters. The van der Waals surface area contributed by atoms with Crippen LogP contribution in [0.4, 0.5) is 0 Å². The van der Waals surface area contributed by atoms with Crippen molar-refractivity contribution in [2.45, 2.75) is 18.9 Å². The molecule has 1 aromatic rings. The summed E-state index contributed by atoms with van der Waals surface area (Å²) >= 11 is 3.72. The number of rotatable bonds is 0. The number of halogens is 1. The van der Waals surface area contributed by atoms with Gasteiger partial charge in [0, 0.05) is 16.4 Å². The zero-order valence-electron chi connectivity index (χ0n) is 14.3. The second-order valence-electron chi connectivity index (χ2n) is 7.03. The third kappa shape index (κ3) is 2.78. The largest absolute Gasteiger partial charge is 0.375 e. The molecule has 128 valence electrons. The highest BCUT2D eigenvalue weighted by Crippen LogP contribution is 2.33. The van der Waals surface area contributed by atoms with E-state index in [1.54, 1.807) is 0 Å². The Morgan fingerprint density at radius 1 is 1.00 bits per heavy atom. The lowest BCUT2D eigenvalue weighted by Gasteiger charge is -2.23. The second-order valence-corrected chi connectivity index (χ2v) is 7.82. The highest BCUT2D eigenvalue weighted by Gasteiger charge is 2.29. The van der Waals surface area contributed by atoms with Gasteiger partial charge >= 0.3 is 0 Å². The quantitative estimate of drug-likeness (QED) is 0.686. The summed E-state index contributed by atoms with van der Waals surface area (Å²) in [5.74, 6) is 0. The molecule has 1 aromatic heterocycles. The first-order chi connectivity index (χ1) is 12.6. The number of H-pyrrole nitrogens is 1. The zero-order chi connectivity index (χ0) is 17.7. The Morgan fingerprint density at radius 3 is 2.54 bits per heavy atom. The van der Waals surface area contributed by atoms with Crippen molar-refractivity contribution in [1.29, 1.82) is 0 Å². The second kappa shape index (κ2) is 5.68. The third-order valence-electron chi connectivity index (χ3n) is 4.76. The summed E-state index contributed by atoms with van der Waals surface area (Å²) in [7, 11) is 0. The molecule has 0 aliphatic carbocycles. The summed E-state index contributed by atoms with van der Waals surface area (Å²) in [5.41, 5.74) is 4.70. The van der Waals surface area contributed by atoms with E-state index in [0.29, 0.717) is 0 Å². The minimum absolute atomic E-state index is 0.162. The van der Waals surface area contributed by atoms with Crippen LogP contribution in [-0.2, 0) is 0 Å². The van der Waals surface area contributed by atoms with Crippen LogP contribution in [0, 0.1) is 0 Å². The van der Waals surface area contributed by atoms with Crippen molar-refractivity contribution in [3.63, 3.8) is 0 Å². The van der Waals surface area contributed by atoms with Crippen LogP contribution in [0.5, 0.6) is 0 Å². The van der Waals surface area contributed by atoms with Crippen molar-refractivity contribution in [2.75, 3.05) is 0 Å². The van der Waals surface area contributed by atoms with E-state index in [-0.39, 0.29) is 5.54 Å². The monoisotopic (exact) mass is 404 g/mol. The molecule has 0 amide bonds.